The zero-order chi connectivity index (χ0) is 16.0. The van der Waals surface area contributed by atoms with Crippen molar-refractivity contribution in [3.8, 4) is 5.88 Å². The van der Waals surface area contributed by atoms with Crippen LogP contribution < -0.4 is 10.1 Å². The Bertz CT molecular complexity index is 510. The topological polar surface area (TPSA) is 97.8 Å². The molecule has 2 N–H and O–H groups in total. The first-order valence-electron chi connectivity index (χ1n) is 6.51. The molecule has 0 spiro atoms. The molecule has 7 heteroatoms. The van der Waals surface area contributed by atoms with Crippen molar-refractivity contribution in [2.24, 2.45) is 0 Å². The molecule has 1 unspecified atom stereocenters. The number of aromatic carboxylic acids is 1. The maximum absolute atomic E-state index is 11.5. The Morgan fingerprint density at radius 1 is 1.43 bits per heavy atom. The van der Waals surface area contributed by atoms with E-state index in [2.05, 4.69) is 10.3 Å². The van der Waals surface area contributed by atoms with Crippen molar-refractivity contribution in [3.05, 3.63) is 23.9 Å². The second kappa shape index (κ2) is 6.92. The zero-order valence-electron chi connectivity index (χ0n) is 12.5. The summed E-state index contributed by atoms with van der Waals surface area (Å²) in [5.41, 5.74) is -0.604. The number of carboxylic acids is 1. The predicted octanol–water partition coefficient (Wildman–Crippen LogP) is 2.07. The van der Waals surface area contributed by atoms with Crippen molar-refractivity contribution in [2.45, 2.75) is 39.4 Å². The Hall–Kier alpha value is -2.31. The number of pyridine rings is 1. The average molecular weight is 296 g/mol. The molecule has 0 aromatic carbocycles. The summed E-state index contributed by atoms with van der Waals surface area (Å²) >= 11 is 0. The first-order chi connectivity index (χ1) is 9.69. The predicted molar refractivity (Wildman–Crippen MR) is 75.5 cm³/mol. The number of hydrogen-bond donors (Lipinski definition) is 2. The number of carbonyl (C=O) groups is 2. The summed E-state index contributed by atoms with van der Waals surface area (Å²) < 4.78 is 10.5. The molecule has 1 atom stereocenters. The normalized spacial score (nSPS) is 12.4. The van der Waals surface area contributed by atoms with E-state index in [-0.39, 0.29) is 18.0 Å². The molecule has 0 saturated carbocycles. The van der Waals surface area contributed by atoms with Gasteiger partial charge in [0.2, 0.25) is 5.88 Å². The number of rotatable bonds is 5. The molecule has 0 aliphatic rings. The zero-order valence-corrected chi connectivity index (χ0v) is 12.5. The summed E-state index contributed by atoms with van der Waals surface area (Å²) in [4.78, 5) is 26.4. The molecule has 1 heterocycles. The van der Waals surface area contributed by atoms with Gasteiger partial charge in [-0.2, -0.15) is 0 Å². The van der Waals surface area contributed by atoms with E-state index in [0.717, 1.165) is 0 Å². The second-order valence-electron chi connectivity index (χ2n) is 5.47. The highest BCUT2D eigenvalue weighted by molar-refractivity contribution is 5.90. The molecule has 1 aromatic heterocycles. The van der Waals surface area contributed by atoms with E-state index < -0.39 is 23.8 Å². The van der Waals surface area contributed by atoms with Crippen molar-refractivity contribution in [1.82, 2.24) is 10.3 Å². The van der Waals surface area contributed by atoms with Gasteiger partial charge in [-0.15, -0.1) is 0 Å². The summed E-state index contributed by atoms with van der Waals surface area (Å²) in [5, 5.41) is 11.6. The van der Waals surface area contributed by atoms with Crippen LogP contribution in [0.2, 0.25) is 0 Å². The number of ether oxygens (including phenoxy) is 2. The minimum absolute atomic E-state index is 0.0171. The lowest BCUT2D eigenvalue weighted by atomic mass is 10.2. The highest BCUT2D eigenvalue weighted by Gasteiger charge is 2.18. The Kier molecular flexibility index (Phi) is 5.52. The van der Waals surface area contributed by atoms with Crippen LogP contribution in [-0.4, -0.2) is 40.4 Å². The summed E-state index contributed by atoms with van der Waals surface area (Å²) in [6.45, 7) is 7.15. The number of amides is 1. The Morgan fingerprint density at radius 2 is 2.10 bits per heavy atom. The third kappa shape index (κ3) is 6.11. The van der Waals surface area contributed by atoms with E-state index in [4.69, 9.17) is 14.6 Å². The monoisotopic (exact) mass is 296 g/mol. The second-order valence-corrected chi connectivity index (χ2v) is 5.47. The largest absolute Gasteiger partial charge is 0.477 e. The molecular formula is C14H20N2O5. The molecule has 0 aliphatic heterocycles. The fourth-order valence-electron chi connectivity index (χ4n) is 1.42. The van der Waals surface area contributed by atoms with E-state index in [1.807, 2.05) is 0 Å². The van der Waals surface area contributed by atoms with Gasteiger partial charge in [-0.25, -0.2) is 14.6 Å². The molecule has 7 nitrogen and oxygen atoms in total. The van der Waals surface area contributed by atoms with Crippen LogP contribution in [0.3, 0.4) is 0 Å². The first-order valence-corrected chi connectivity index (χ1v) is 6.51. The lowest BCUT2D eigenvalue weighted by Gasteiger charge is -2.21. The van der Waals surface area contributed by atoms with E-state index in [0.29, 0.717) is 0 Å². The van der Waals surface area contributed by atoms with Crippen molar-refractivity contribution in [1.29, 1.82) is 0 Å². The van der Waals surface area contributed by atoms with Gasteiger partial charge in [-0.05, 0) is 39.8 Å². The molecular weight excluding hydrogens is 276 g/mol. The third-order valence-corrected chi connectivity index (χ3v) is 2.25. The fraction of sp³-hybridized carbons (Fsp3) is 0.500. The summed E-state index contributed by atoms with van der Waals surface area (Å²) in [5.74, 6) is -1.10. The van der Waals surface area contributed by atoms with E-state index in [1.165, 1.54) is 18.3 Å². The van der Waals surface area contributed by atoms with Gasteiger partial charge in [0.15, 0.2) is 0 Å². The van der Waals surface area contributed by atoms with E-state index in [9.17, 15) is 9.59 Å². The highest BCUT2D eigenvalue weighted by Crippen LogP contribution is 2.15. The Morgan fingerprint density at radius 3 is 2.67 bits per heavy atom. The van der Waals surface area contributed by atoms with Crippen LogP contribution in [0.15, 0.2) is 18.3 Å². The van der Waals surface area contributed by atoms with Crippen molar-refractivity contribution < 1.29 is 24.2 Å². The van der Waals surface area contributed by atoms with Crippen LogP contribution in [0.25, 0.3) is 0 Å². The van der Waals surface area contributed by atoms with Gasteiger partial charge in [0.25, 0.3) is 0 Å². The quantitative estimate of drug-likeness (QED) is 0.863. The van der Waals surface area contributed by atoms with Crippen LogP contribution in [0.1, 0.15) is 38.1 Å². The number of nitrogens with one attached hydrogen (secondary N) is 1. The molecule has 0 aliphatic carbocycles. The third-order valence-electron chi connectivity index (χ3n) is 2.25. The first kappa shape index (κ1) is 16.7. The molecule has 1 rings (SSSR count). The fourth-order valence-corrected chi connectivity index (χ4v) is 1.42. The van der Waals surface area contributed by atoms with E-state index >= 15 is 0 Å². The maximum Gasteiger partial charge on any atom is 0.407 e. The van der Waals surface area contributed by atoms with Gasteiger partial charge in [0.05, 0.1) is 6.54 Å². The minimum Gasteiger partial charge on any atom is -0.477 e. The van der Waals surface area contributed by atoms with Crippen molar-refractivity contribution in [3.63, 3.8) is 0 Å². The highest BCUT2D eigenvalue weighted by atomic mass is 16.6. The molecule has 0 saturated heterocycles. The smallest absolute Gasteiger partial charge is 0.407 e. The van der Waals surface area contributed by atoms with Gasteiger partial charge < -0.3 is 19.9 Å². The summed E-state index contributed by atoms with van der Waals surface area (Å²) in [7, 11) is 0. The van der Waals surface area contributed by atoms with Crippen LogP contribution in [-0.2, 0) is 4.74 Å². The Balaban J connectivity index is 2.53. The molecule has 1 amide bonds. The summed E-state index contributed by atoms with van der Waals surface area (Å²) in [6, 6.07) is 2.92. The van der Waals surface area contributed by atoms with Gasteiger partial charge in [0.1, 0.15) is 17.3 Å². The van der Waals surface area contributed by atoms with Gasteiger partial charge >= 0.3 is 12.1 Å². The van der Waals surface area contributed by atoms with Crippen LogP contribution in [0.4, 0.5) is 4.79 Å². The lowest BCUT2D eigenvalue weighted by molar-refractivity contribution is 0.0500. The van der Waals surface area contributed by atoms with Crippen LogP contribution >= 0.6 is 0 Å². The number of carbonyl (C=O) groups excluding carboxylic acids is 1. The number of aromatic nitrogens is 1. The van der Waals surface area contributed by atoms with Gasteiger partial charge in [-0.1, -0.05) is 0 Å². The van der Waals surface area contributed by atoms with Gasteiger partial charge in [0, 0.05) is 6.20 Å². The number of nitrogens with zero attached hydrogens (tertiary/aromatic N) is 1. The number of hydrogen-bond acceptors (Lipinski definition) is 5. The summed E-state index contributed by atoms with van der Waals surface area (Å²) in [6.07, 6.45) is 0.429. The SMILES string of the molecule is CC(CNC(=O)OC(C)(C)C)Oc1ncccc1C(=O)O. The molecule has 0 radical (unpaired) electrons. The molecule has 0 fully saturated rings. The standard InChI is InChI=1S/C14H20N2O5/c1-9(8-16-13(19)21-14(2,3)4)20-11-10(12(17)18)6-5-7-15-11/h5-7,9H,8H2,1-4H3,(H,16,19)(H,17,18). The number of carboxylic acid groups (broad SMARTS) is 1. The minimum atomic E-state index is -1.12. The molecule has 21 heavy (non-hydrogen) atoms. The van der Waals surface area contributed by atoms with Gasteiger partial charge in [-0.3, -0.25) is 0 Å². The van der Waals surface area contributed by atoms with E-state index in [1.54, 1.807) is 27.7 Å². The molecule has 0 bridgehead atoms. The van der Waals surface area contributed by atoms with Crippen LogP contribution in [0, 0.1) is 0 Å². The molecule has 1 aromatic rings. The van der Waals surface area contributed by atoms with Crippen LogP contribution in [0.5, 0.6) is 5.88 Å². The molecule has 116 valence electrons. The Labute approximate surface area is 123 Å². The maximum atomic E-state index is 11.5. The number of alkyl carbamates (subject to hydrolysis) is 1. The van der Waals surface area contributed by atoms with Crippen molar-refractivity contribution in [2.75, 3.05) is 6.54 Å². The average Bonchev–Trinajstić information content (AvgIpc) is 2.35. The lowest BCUT2D eigenvalue weighted by Crippen LogP contribution is -2.37. The van der Waals surface area contributed by atoms with Crippen molar-refractivity contribution >= 4 is 12.1 Å².